The molecule has 0 unspecified atom stereocenters. The van der Waals surface area contributed by atoms with Crippen LogP contribution in [0.15, 0.2) is 30.3 Å². The molecule has 0 spiro atoms. The molecule has 1 aromatic rings. The van der Waals surface area contributed by atoms with E-state index in [0.29, 0.717) is 5.11 Å². The summed E-state index contributed by atoms with van der Waals surface area (Å²) in [6.07, 6.45) is 0. The number of nitrogens with two attached hydrogens (primary N) is 1. The van der Waals surface area contributed by atoms with Gasteiger partial charge in [-0.2, -0.15) is 0 Å². The van der Waals surface area contributed by atoms with Gasteiger partial charge in [0, 0.05) is 5.69 Å². The Bertz CT molecular complexity index is 225. The quantitative estimate of drug-likeness (QED) is 0.488. The standard InChI is InChI=1S/C7H8N2S.Na.H/c8-7(10)9-6-4-2-1-3-5-6;;/h1-5H,(H3,8,9,10);;. The van der Waals surface area contributed by atoms with E-state index in [1.165, 1.54) is 0 Å². The molecule has 11 heavy (non-hydrogen) atoms. The molecule has 0 radical (unpaired) electrons. The molecule has 1 rings (SSSR count). The molecule has 0 bridgehead atoms. The summed E-state index contributed by atoms with van der Waals surface area (Å²) in [5.41, 5.74) is 6.17. The van der Waals surface area contributed by atoms with Crippen molar-refractivity contribution >= 4 is 52.6 Å². The summed E-state index contributed by atoms with van der Waals surface area (Å²) in [6.45, 7) is 0. The molecule has 0 saturated carbocycles. The minimum absolute atomic E-state index is 0. The van der Waals surface area contributed by atoms with Crippen LogP contribution in [0.3, 0.4) is 0 Å². The van der Waals surface area contributed by atoms with E-state index in [1.54, 1.807) is 0 Å². The van der Waals surface area contributed by atoms with Gasteiger partial charge in [0.2, 0.25) is 0 Å². The van der Waals surface area contributed by atoms with E-state index in [0.717, 1.165) is 5.69 Å². The summed E-state index contributed by atoms with van der Waals surface area (Å²) in [7, 11) is 0. The van der Waals surface area contributed by atoms with Crippen LogP contribution >= 0.6 is 12.2 Å². The molecule has 2 nitrogen and oxygen atoms in total. The van der Waals surface area contributed by atoms with Crippen molar-refractivity contribution in [1.82, 2.24) is 0 Å². The summed E-state index contributed by atoms with van der Waals surface area (Å²) >= 11 is 4.64. The molecule has 0 aliphatic carbocycles. The van der Waals surface area contributed by atoms with Crippen LogP contribution in [0.5, 0.6) is 0 Å². The van der Waals surface area contributed by atoms with Crippen LogP contribution < -0.4 is 11.1 Å². The number of benzene rings is 1. The van der Waals surface area contributed by atoms with Crippen molar-refractivity contribution in [2.24, 2.45) is 5.73 Å². The Labute approximate surface area is 93.5 Å². The van der Waals surface area contributed by atoms with E-state index in [2.05, 4.69) is 17.5 Å². The summed E-state index contributed by atoms with van der Waals surface area (Å²) in [5, 5.41) is 3.11. The van der Waals surface area contributed by atoms with Gasteiger partial charge in [-0.05, 0) is 24.4 Å². The molecular formula is C7H9N2NaS. The molecule has 0 aliphatic heterocycles. The maximum atomic E-state index is 5.24. The van der Waals surface area contributed by atoms with Crippen molar-refractivity contribution in [1.29, 1.82) is 0 Å². The fourth-order valence-electron chi connectivity index (χ4n) is 0.664. The zero-order valence-corrected chi connectivity index (χ0v) is 6.19. The molecule has 4 heteroatoms. The average Bonchev–Trinajstić information content (AvgIpc) is 1.88. The van der Waals surface area contributed by atoms with Crippen molar-refractivity contribution in [2.45, 2.75) is 0 Å². The number of hydrogen-bond donors (Lipinski definition) is 2. The topological polar surface area (TPSA) is 38.0 Å². The third-order valence-corrected chi connectivity index (χ3v) is 1.14. The van der Waals surface area contributed by atoms with E-state index < -0.39 is 0 Å². The van der Waals surface area contributed by atoms with E-state index in [9.17, 15) is 0 Å². The Morgan fingerprint density at radius 1 is 1.27 bits per heavy atom. The molecule has 0 atom stereocenters. The first-order valence-corrected chi connectivity index (χ1v) is 3.31. The van der Waals surface area contributed by atoms with Gasteiger partial charge in [-0.3, -0.25) is 0 Å². The second-order valence-corrected chi connectivity index (χ2v) is 2.30. The third kappa shape index (κ3) is 4.37. The summed E-state index contributed by atoms with van der Waals surface area (Å²) in [6, 6.07) is 9.57. The number of hydrogen-bond acceptors (Lipinski definition) is 1. The Balaban J connectivity index is 0.000001000. The van der Waals surface area contributed by atoms with Crippen LogP contribution in [0, 0.1) is 0 Å². The van der Waals surface area contributed by atoms with E-state index in [4.69, 9.17) is 5.73 Å². The first kappa shape index (κ1) is 10.9. The summed E-state index contributed by atoms with van der Waals surface area (Å²) < 4.78 is 0. The fraction of sp³-hybridized carbons (Fsp3) is 0. The number of anilines is 1. The molecule has 0 aromatic heterocycles. The second kappa shape index (κ2) is 5.55. The van der Waals surface area contributed by atoms with Gasteiger partial charge in [-0.25, -0.2) is 0 Å². The first-order chi connectivity index (χ1) is 4.79. The molecule has 0 saturated heterocycles. The van der Waals surface area contributed by atoms with Gasteiger partial charge in [0.1, 0.15) is 0 Å². The average molecular weight is 176 g/mol. The molecule has 1 aromatic carbocycles. The zero-order valence-electron chi connectivity index (χ0n) is 5.37. The van der Waals surface area contributed by atoms with Crippen LogP contribution in [0.25, 0.3) is 0 Å². The summed E-state index contributed by atoms with van der Waals surface area (Å²) in [4.78, 5) is 0. The molecule has 3 N–H and O–H groups in total. The number of rotatable bonds is 1. The normalized spacial score (nSPS) is 8.00. The molecule has 0 amide bonds. The molecule has 0 fully saturated rings. The van der Waals surface area contributed by atoms with Crippen molar-refractivity contribution in [3.63, 3.8) is 0 Å². The molecular weight excluding hydrogens is 167 g/mol. The Morgan fingerprint density at radius 2 is 1.82 bits per heavy atom. The zero-order chi connectivity index (χ0) is 7.40. The number of thiocarbonyl (C=S) groups is 1. The van der Waals surface area contributed by atoms with Crippen LogP contribution in [-0.4, -0.2) is 34.7 Å². The maximum absolute atomic E-state index is 5.24. The van der Waals surface area contributed by atoms with Crippen LogP contribution in [0.1, 0.15) is 0 Å². The monoisotopic (exact) mass is 176 g/mol. The number of nitrogens with one attached hydrogen (secondary N) is 1. The van der Waals surface area contributed by atoms with Gasteiger partial charge in [0.25, 0.3) is 0 Å². The number of para-hydroxylation sites is 1. The second-order valence-electron chi connectivity index (χ2n) is 1.86. The van der Waals surface area contributed by atoms with E-state index in [1.807, 2.05) is 30.3 Å². The van der Waals surface area contributed by atoms with Crippen molar-refractivity contribution in [2.75, 3.05) is 5.32 Å². The van der Waals surface area contributed by atoms with Gasteiger partial charge in [0.15, 0.2) is 5.11 Å². The van der Waals surface area contributed by atoms with Crippen molar-refractivity contribution in [3.8, 4) is 0 Å². The summed E-state index contributed by atoms with van der Waals surface area (Å²) in [5.74, 6) is 0. The first-order valence-electron chi connectivity index (χ1n) is 2.90. The van der Waals surface area contributed by atoms with Gasteiger partial charge in [-0.1, -0.05) is 18.2 Å². The predicted octanol–water partition coefficient (Wildman–Crippen LogP) is 0.694. The van der Waals surface area contributed by atoms with Gasteiger partial charge in [0.05, 0.1) is 0 Å². The van der Waals surface area contributed by atoms with Gasteiger partial charge in [-0.15, -0.1) is 0 Å². The Hall–Kier alpha value is -0.0900. The Morgan fingerprint density at radius 3 is 2.27 bits per heavy atom. The van der Waals surface area contributed by atoms with E-state index >= 15 is 0 Å². The SMILES string of the molecule is NC(=S)Nc1ccccc1.[NaH]. The van der Waals surface area contributed by atoms with Crippen molar-refractivity contribution in [3.05, 3.63) is 30.3 Å². The van der Waals surface area contributed by atoms with Crippen LogP contribution in [0.2, 0.25) is 0 Å². The minimum atomic E-state index is 0. The fourth-order valence-corrected chi connectivity index (χ4v) is 0.782. The predicted molar refractivity (Wildman–Crippen MR) is 54.0 cm³/mol. The molecule has 54 valence electrons. The third-order valence-electron chi connectivity index (χ3n) is 1.04. The van der Waals surface area contributed by atoms with Crippen LogP contribution in [-0.2, 0) is 0 Å². The molecule has 0 heterocycles. The van der Waals surface area contributed by atoms with Gasteiger partial charge < -0.3 is 11.1 Å². The van der Waals surface area contributed by atoms with Gasteiger partial charge >= 0.3 is 29.6 Å². The van der Waals surface area contributed by atoms with Crippen molar-refractivity contribution < 1.29 is 0 Å². The van der Waals surface area contributed by atoms with E-state index in [-0.39, 0.29) is 29.6 Å². The Kier molecular flexibility index (Phi) is 5.50. The van der Waals surface area contributed by atoms with Crippen LogP contribution in [0.4, 0.5) is 5.69 Å². The molecule has 0 aliphatic rings.